The van der Waals surface area contributed by atoms with Gasteiger partial charge in [-0.3, -0.25) is 0 Å². The van der Waals surface area contributed by atoms with Gasteiger partial charge >= 0.3 is 0 Å². The summed E-state index contributed by atoms with van der Waals surface area (Å²) >= 11 is 0. The van der Waals surface area contributed by atoms with E-state index in [1.807, 2.05) is 0 Å². The molecule has 0 spiro atoms. The number of aromatic nitrogens is 4. The number of hydrogen-bond acceptors (Lipinski definition) is 2. The molecule has 0 saturated carbocycles. The Morgan fingerprint density at radius 3 is 0.775 bits per heavy atom. The van der Waals surface area contributed by atoms with Crippen molar-refractivity contribution in [3.63, 3.8) is 0 Å². The standard InChI is InChI=1S/C76H62N4/c1-5-9-29-53-69-61-45-33-13-21-41-23-15-35-47(57(41)45)63(61)71(77-69)54(30-10-6-2)73-65-49-37-17-25-43-27-19-39-51(59(43)49)67(65)75(79-73)56(32-12-8-4)76-68-52-40-20-28-44-26-18-38-50(60(44)52)66(68)74(80-76)55(31-11-7-3)72-64-48-36-16-24-42-22-14-34-46(58(42)48)62(64)70(53)78-72/h13-28,33-40,77,80H,5-12,29-32H2,1-4H3. The lowest BCUT2D eigenvalue weighted by Crippen LogP contribution is -1.93. The van der Waals surface area contributed by atoms with Gasteiger partial charge in [0.2, 0.25) is 0 Å². The second-order valence-corrected chi connectivity index (χ2v) is 23.5. The Kier molecular flexibility index (Phi) is 10.1. The number of benzene rings is 8. The normalized spacial score (nSPS) is 12.8. The van der Waals surface area contributed by atoms with E-state index in [0.717, 1.165) is 99.1 Å². The van der Waals surface area contributed by atoms with Crippen molar-refractivity contribution in [2.75, 3.05) is 0 Å². The number of nitrogens with zero attached hydrogens (tertiary/aromatic N) is 2. The van der Waals surface area contributed by atoms with Gasteiger partial charge in [0.05, 0.1) is 44.1 Å². The Hall–Kier alpha value is -8.60. The quantitative estimate of drug-likeness (QED) is 0.128. The molecule has 8 bridgehead atoms. The molecule has 3 aromatic heterocycles. The Labute approximate surface area is 464 Å². The summed E-state index contributed by atoms with van der Waals surface area (Å²) in [7, 11) is 0. The van der Waals surface area contributed by atoms with Crippen molar-refractivity contribution in [3.05, 3.63) is 189 Å². The van der Waals surface area contributed by atoms with Gasteiger partial charge in [-0.1, -0.05) is 199 Å². The van der Waals surface area contributed by atoms with Crippen molar-refractivity contribution in [2.24, 2.45) is 0 Å². The minimum atomic E-state index is 0.888. The minimum absolute atomic E-state index is 0.888. The summed E-state index contributed by atoms with van der Waals surface area (Å²) in [5, 5.41) is 20.9. The first-order valence-electron chi connectivity index (χ1n) is 30.1. The average molecular weight is 1030 g/mol. The van der Waals surface area contributed by atoms with Crippen LogP contribution in [0.1, 0.15) is 101 Å². The van der Waals surface area contributed by atoms with Crippen LogP contribution in [0.15, 0.2) is 146 Å². The van der Waals surface area contributed by atoms with Crippen LogP contribution in [-0.4, -0.2) is 19.9 Å². The molecule has 4 heteroatoms. The predicted octanol–water partition coefficient (Wildman–Crippen LogP) is 20.8. The fourth-order valence-electron chi connectivity index (χ4n) is 15.7. The first kappa shape index (κ1) is 46.3. The summed E-state index contributed by atoms with van der Waals surface area (Å²) in [5.74, 6) is 0. The van der Waals surface area contributed by atoms with Crippen LogP contribution < -0.4 is 0 Å². The van der Waals surface area contributed by atoms with Gasteiger partial charge in [0.1, 0.15) is 0 Å². The number of hydrogen-bond donors (Lipinski definition) is 2. The second kappa shape index (κ2) is 17.4. The van der Waals surface area contributed by atoms with E-state index in [-0.39, 0.29) is 0 Å². The monoisotopic (exact) mass is 1030 g/mol. The zero-order valence-corrected chi connectivity index (χ0v) is 46.2. The predicted molar refractivity (Wildman–Crippen MR) is 340 cm³/mol. The molecule has 2 N–H and O–H groups in total. The van der Waals surface area contributed by atoms with Crippen LogP contribution in [0, 0.1) is 20.9 Å². The summed E-state index contributed by atoms with van der Waals surface area (Å²) in [4.78, 5) is 21.6. The van der Waals surface area contributed by atoms with E-state index in [0.29, 0.717) is 0 Å². The number of fused-ring (bicyclic) bond motifs is 26. The van der Waals surface area contributed by atoms with E-state index in [9.17, 15) is 0 Å². The molecule has 5 heterocycles. The Morgan fingerprint density at radius 1 is 0.287 bits per heavy atom. The maximum absolute atomic E-state index is 6.34. The average Bonchev–Trinajstić information content (AvgIpc) is 4.56. The molecule has 2 aliphatic heterocycles. The van der Waals surface area contributed by atoms with Crippen LogP contribution in [0.25, 0.3) is 153 Å². The molecule has 0 unspecified atom stereocenters. The smallest absolute Gasteiger partial charge is 0.0775 e. The van der Waals surface area contributed by atoms with Gasteiger partial charge in [-0.2, -0.15) is 0 Å². The van der Waals surface area contributed by atoms with Gasteiger partial charge in [0.15, 0.2) is 0 Å². The van der Waals surface area contributed by atoms with Crippen molar-refractivity contribution >= 4 is 109 Å². The number of rotatable bonds is 12. The highest BCUT2D eigenvalue weighted by atomic mass is 14.8. The summed E-state index contributed by atoms with van der Waals surface area (Å²) in [5.41, 5.74) is 25.1. The van der Waals surface area contributed by atoms with Crippen LogP contribution in [0.4, 0.5) is 0 Å². The highest BCUT2D eigenvalue weighted by molar-refractivity contribution is 6.26. The molecule has 386 valence electrons. The van der Waals surface area contributed by atoms with E-state index in [4.69, 9.17) is 9.97 Å². The molecular weight excluding hydrogens is 969 g/mol. The maximum Gasteiger partial charge on any atom is 0.0775 e. The molecule has 8 aromatic carbocycles. The van der Waals surface area contributed by atoms with Crippen LogP contribution in [-0.2, 0) is 25.7 Å². The molecule has 11 aromatic rings. The van der Waals surface area contributed by atoms with E-state index in [2.05, 4.69) is 183 Å². The summed E-state index contributed by atoms with van der Waals surface area (Å²) < 4.78 is 0. The second-order valence-electron chi connectivity index (χ2n) is 23.5. The van der Waals surface area contributed by atoms with E-state index < -0.39 is 0 Å². The first-order valence-corrected chi connectivity index (χ1v) is 30.1. The van der Waals surface area contributed by atoms with Crippen molar-refractivity contribution in [1.82, 2.24) is 19.9 Å². The SMILES string of the molecule is CCCCc1c2[nH]c(c3c2-c2cccc4cccc-3c24)c(CCCC)c2nc(c(CCCC)c3[nH]c(c4c3-c3cccc5cccc-4c35)c(CCCC)c3nc1c1c4cccc5cccc(c3=1)c54)c1c3cccc4cccc(c2=1)c43. The highest BCUT2D eigenvalue weighted by Gasteiger charge is 2.33. The van der Waals surface area contributed by atoms with Gasteiger partial charge in [-0.25, -0.2) is 9.97 Å². The lowest BCUT2D eigenvalue weighted by atomic mass is 9.98. The molecule has 0 amide bonds. The van der Waals surface area contributed by atoms with Gasteiger partial charge in [-0.15, -0.1) is 0 Å². The van der Waals surface area contributed by atoms with Crippen molar-refractivity contribution in [3.8, 4) is 44.5 Å². The fourth-order valence-corrected chi connectivity index (χ4v) is 15.7. The topological polar surface area (TPSA) is 57.4 Å². The molecule has 0 atom stereocenters. The highest BCUT2D eigenvalue weighted by Crippen LogP contribution is 2.56. The lowest BCUT2D eigenvalue weighted by molar-refractivity contribution is 0.797. The van der Waals surface area contributed by atoms with Crippen molar-refractivity contribution in [2.45, 2.75) is 105 Å². The van der Waals surface area contributed by atoms with Crippen molar-refractivity contribution in [1.29, 1.82) is 0 Å². The van der Waals surface area contributed by atoms with Crippen LogP contribution in [0.2, 0.25) is 0 Å². The van der Waals surface area contributed by atoms with Crippen LogP contribution >= 0.6 is 0 Å². The molecule has 6 aliphatic rings. The fraction of sp³-hybridized carbons (Fsp3) is 0.211. The van der Waals surface area contributed by atoms with Crippen LogP contribution in [0.3, 0.4) is 0 Å². The Bertz CT molecular complexity index is 4720. The Balaban J connectivity index is 1.24. The molecule has 4 aliphatic carbocycles. The molecule has 0 fully saturated rings. The minimum Gasteiger partial charge on any atom is -0.354 e. The third-order valence-electron chi connectivity index (χ3n) is 19.1. The largest absolute Gasteiger partial charge is 0.354 e. The maximum atomic E-state index is 6.34. The van der Waals surface area contributed by atoms with E-state index in [1.54, 1.807) is 0 Å². The number of unbranched alkanes of at least 4 members (excludes halogenated alkanes) is 4. The van der Waals surface area contributed by atoms with Gasteiger partial charge in [-0.05, 0) is 138 Å². The lowest BCUT2D eigenvalue weighted by Gasteiger charge is -2.09. The number of aryl methyl sites for hydroxylation is 4. The molecule has 4 nitrogen and oxygen atoms in total. The van der Waals surface area contributed by atoms with E-state index in [1.165, 1.54) is 174 Å². The van der Waals surface area contributed by atoms with E-state index >= 15 is 0 Å². The number of nitrogens with one attached hydrogen (secondary N) is 2. The molecule has 17 rings (SSSR count). The zero-order chi connectivity index (χ0) is 53.1. The molecular formula is C76H62N4. The van der Waals surface area contributed by atoms with Crippen LogP contribution in [0.5, 0.6) is 0 Å². The molecule has 0 radical (unpaired) electrons. The number of H-pyrrole nitrogens is 2. The third kappa shape index (κ3) is 6.06. The summed E-state index contributed by atoms with van der Waals surface area (Å²) in [6.07, 6.45) is 12.0. The summed E-state index contributed by atoms with van der Waals surface area (Å²) in [6, 6.07) is 55.9. The zero-order valence-electron chi connectivity index (χ0n) is 46.2. The molecule has 0 saturated heterocycles. The number of aromatic amines is 2. The first-order chi connectivity index (χ1) is 39.6. The van der Waals surface area contributed by atoms with Gasteiger partial charge < -0.3 is 9.97 Å². The molecule has 80 heavy (non-hydrogen) atoms. The summed E-state index contributed by atoms with van der Waals surface area (Å²) in [6.45, 7) is 9.39. The third-order valence-corrected chi connectivity index (χ3v) is 19.1. The Morgan fingerprint density at radius 2 is 0.525 bits per heavy atom. The van der Waals surface area contributed by atoms with Crippen molar-refractivity contribution < 1.29 is 0 Å². The van der Waals surface area contributed by atoms with Gasteiger partial charge in [0.25, 0.3) is 0 Å². The van der Waals surface area contributed by atoms with Gasteiger partial charge in [0, 0.05) is 65.4 Å².